The number of carbonyl (C=O) groups is 1. The van der Waals surface area contributed by atoms with Crippen LogP contribution in [-0.4, -0.2) is 53.4 Å². The lowest BCUT2D eigenvalue weighted by Crippen LogP contribution is -2.44. The summed E-state index contributed by atoms with van der Waals surface area (Å²) >= 11 is 0. The number of nitrogens with one attached hydrogen (secondary N) is 1. The summed E-state index contributed by atoms with van der Waals surface area (Å²) in [4.78, 5) is 14.9. The second-order valence-corrected chi connectivity index (χ2v) is 6.33. The minimum atomic E-state index is -0.0460. The van der Waals surface area contributed by atoms with Crippen LogP contribution in [0.2, 0.25) is 0 Å². The topological polar surface area (TPSA) is 59.4 Å². The van der Waals surface area contributed by atoms with Crippen LogP contribution in [0.1, 0.15) is 36.7 Å². The molecule has 1 N–H and O–H groups in total. The lowest BCUT2D eigenvalue weighted by molar-refractivity contribution is 0.0696. The number of likely N-dealkylation sites (tertiary alicyclic amines) is 1. The molecule has 1 aromatic carbocycles. The molecule has 0 bridgehead atoms. The van der Waals surface area contributed by atoms with E-state index < -0.39 is 0 Å². The van der Waals surface area contributed by atoms with Crippen molar-refractivity contribution in [2.24, 2.45) is 0 Å². The van der Waals surface area contributed by atoms with Crippen LogP contribution in [0.25, 0.3) is 5.69 Å². The van der Waals surface area contributed by atoms with E-state index in [4.69, 9.17) is 4.74 Å². The predicted octanol–water partition coefficient (Wildman–Crippen LogP) is 2.91. The molecule has 3 rings (SSSR count). The van der Waals surface area contributed by atoms with Gasteiger partial charge in [-0.25, -0.2) is 4.68 Å². The molecule has 1 amide bonds. The van der Waals surface area contributed by atoms with Gasteiger partial charge in [0.2, 0.25) is 0 Å². The van der Waals surface area contributed by atoms with E-state index in [9.17, 15) is 4.79 Å². The monoisotopic (exact) mass is 378 g/mol. The van der Waals surface area contributed by atoms with E-state index in [-0.39, 0.29) is 18.3 Å². The van der Waals surface area contributed by atoms with Gasteiger partial charge in [0.05, 0.1) is 18.5 Å². The van der Waals surface area contributed by atoms with Gasteiger partial charge in [0, 0.05) is 19.1 Å². The zero-order valence-electron chi connectivity index (χ0n) is 15.4. The third-order valence-electron chi connectivity index (χ3n) is 4.56. The Bertz CT molecular complexity index is 697. The minimum absolute atomic E-state index is 0. The Kier molecular flexibility index (Phi) is 7.48. The Hall–Kier alpha value is -2.05. The summed E-state index contributed by atoms with van der Waals surface area (Å²) in [7, 11) is 1.97. The van der Waals surface area contributed by atoms with Gasteiger partial charge in [0.15, 0.2) is 11.4 Å². The summed E-state index contributed by atoms with van der Waals surface area (Å²) < 4.78 is 7.52. The Morgan fingerprint density at radius 3 is 2.58 bits per heavy atom. The molecule has 2 heterocycles. The summed E-state index contributed by atoms with van der Waals surface area (Å²) in [5, 5.41) is 7.82. The highest BCUT2D eigenvalue weighted by Crippen LogP contribution is 2.23. The zero-order valence-corrected chi connectivity index (χ0v) is 16.2. The van der Waals surface area contributed by atoms with E-state index >= 15 is 0 Å². The number of rotatable bonds is 6. The molecular formula is C19H27ClN4O2. The molecule has 1 aromatic heterocycles. The molecule has 0 radical (unpaired) electrons. The molecule has 0 saturated carbocycles. The second kappa shape index (κ2) is 9.59. The Morgan fingerprint density at radius 1 is 1.27 bits per heavy atom. The fraction of sp³-hybridized carbons (Fsp3) is 0.474. The number of aromatic nitrogens is 2. The maximum atomic E-state index is 13.0. The summed E-state index contributed by atoms with van der Waals surface area (Å²) in [5.74, 6) is 0.516. The molecule has 1 aliphatic rings. The van der Waals surface area contributed by atoms with Crippen molar-refractivity contribution < 1.29 is 9.53 Å². The Balaban J connectivity index is 0.00000243. The van der Waals surface area contributed by atoms with Gasteiger partial charge in [-0.1, -0.05) is 25.1 Å². The van der Waals surface area contributed by atoms with Gasteiger partial charge in [-0.05, 0) is 38.4 Å². The largest absolute Gasteiger partial charge is 0.489 e. The molecular weight excluding hydrogens is 352 g/mol. The molecule has 0 spiro atoms. The smallest absolute Gasteiger partial charge is 0.278 e. The number of piperidine rings is 1. The van der Waals surface area contributed by atoms with Crippen LogP contribution in [0, 0.1) is 0 Å². The lowest BCUT2D eigenvalue weighted by Gasteiger charge is -2.31. The number of amides is 1. The van der Waals surface area contributed by atoms with Gasteiger partial charge in [-0.3, -0.25) is 4.79 Å². The summed E-state index contributed by atoms with van der Waals surface area (Å²) in [6.07, 6.45) is 4.62. The van der Waals surface area contributed by atoms with Crippen molar-refractivity contribution in [1.29, 1.82) is 0 Å². The molecule has 1 fully saturated rings. The lowest BCUT2D eigenvalue weighted by atomic mass is 10.1. The van der Waals surface area contributed by atoms with Gasteiger partial charge in [0.25, 0.3) is 5.91 Å². The number of para-hydroxylation sites is 1. The third kappa shape index (κ3) is 4.56. The summed E-state index contributed by atoms with van der Waals surface area (Å²) in [6, 6.07) is 10.3. The summed E-state index contributed by atoms with van der Waals surface area (Å²) in [6.45, 7) is 4.11. The Labute approximate surface area is 160 Å². The highest BCUT2D eigenvalue weighted by Gasteiger charge is 2.27. The van der Waals surface area contributed by atoms with Crippen LogP contribution in [0.5, 0.6) is 5.75 Å². The van der Waals surface area contributed by atoms with Crippen molar-refractivity contribution in [1.82, 2.24) is 20.0 Å². The molecule has 0 aliphatic carbocycles. The van der Waals surface area contributed by atoms with E-state index in [1.807, 2.05) is 49.2 Å². The molecule has 7 heteroatoms. The van der Waals surface area contributed by atoms with E-state index in [2.05, 4.69) is 10.4 Å². The van der Waals surface area contributed by atoms with Gasteiger partial charge >= 0.3 is 0 Å². The van der Waals surface area contributed by atoms with Gasteiger partial charge < -0.3 is 15.0 Å². The first kappa shape index (κ1) is 20.3. The van der Waals surface area contributed by atoms with E-state index in [0.717, 1.165) is 38.0 Å². The third-order valence-corrected chi connectivity index (χ3v) is 4.56. The normalized spacial score (nSPS) is 14.8. The molecule has 0 atom stereocenters. The van der Waals surface area contributed by atoms with Crippen molar-refractivity contribution in [3.63, 3.8) is 0 Å². The van der Waals surface area contributed by atoms with E-state index in [1.165, 1.54) is 0 Å². The average Bonchev–Trinajstić information content (AvgIpc) is 3.10. The first-order chi connectivity index (χ1) is 12.2. The quantitative estimate of drug-likeness (QED) is 0.839. The minimum Gasteiger partial charge on any atom is -0.489 e. The van der Waals surface area contributed by atoms with Crippen LogP contribution in [-0.2, 0) is 0 Å². The number of hydrogen-bond acceptors (Lipinski definition) is 4. The second-order valence-electron chi connectivity index (χ2n) is 6.33. The van der Waals surface area contributed by atoms with Crippen molar-refractivity contribution in [2.75, 3.05) is 26.7 Å². The predicted molar refractivity (Wildman–Crippen MR) is 105 cm³/mol. The number of carbonyl (C=O) groups excluding carboxylic acids is 1. The summed E-state index contributed by atoms with van der Waals surface area (Å²) in [5.41, 5.74) is 1.32. The van der Waals surface area contributed by atoms with E-state index in [0.29, 0.717) is 24.1 Å². The molecule has 2 aromatic rings. The van der Waals surface area contributed by atoms with Crippen LogP contribution in [0.3, 0.4) is 0 Å². The number of halogens is 1. The van der Waals surface area contributed by atoms with Gasteiger partial charge in [0.1, 0.15) is 0 Å². The first-order valence-corrected chi connectivity index (χ1v) is 8.97. The van der Waals surface area contributed by atoms with Crippen LogP contribution in [0.15, 0.2) is 36.5 Å². The molecule has 142 valence electrons. The van der Waals surface area contributed by atoms with Gasteiger partial charge in [-0.2, -0.15) is 5.10 Å². The number of benzene rings is 1. The maximum Gasteiger partial charge on any atom is 0.278 e. The fourth-order valence-electron chi connectivity index (χ4n) is 3.06. The Morgan fingerprint density at radius 2 is 1.96 bits per heavy atom. The van der Waals surface area contributed by atoms with Crippen LogP contribution < -0.4 is 10.1 Å². The SMILES string of the molecule is CCCOc1cn(-c2ccccc2)nc1C(=O)N1CCC(NC)CC1.Cl. The first-order valence-electron chi connectivity index (χ1n) is 8.97. The molecule has 0 unspecified atom stereocenters. The van der Waals surface area contributed by atoms with Gasteiger partial charge in [-0.15, -0.1) is 12.4 Å². The van der Waals surface area contributed by atoms with E-state index in [1.54, 1.807) is 10.9 Å². The van der Waals surface area contributed by atoms with Crippen molar-refractivity contribution in [2.45, 2.75) is 32.2 Å². The number of nitrogens with zero attached hydrogens (tertiary/aromatic N) is 3. The standard InChI is InChI=1S/C19H26N4O2.ClH/c1-3-13-25-17-14-23(16-7-5-4-6-8-16)21-18(17)19(24)22-11-9-15(20-2)10-12-22;/h4-8,14-15,20H,3,9-13H2,1-2H3;1H. The van der Waals surface area contributed by atoms with Crippen molar-refractivity contribution in [3.05, 3.63) is 42.2 Å². The average molecular weight is 379 g/mol. The number of hydrogen-bond donors (Lipinski definition) is 1. The van der Waals surface area contributed by atoms with Crippen LogP contribution in [0.4, 0.5) is 0 Å². The molecule has 1 aliphatic heterocycles. The maximum absolute atomic E-state index is 13.0. The van der Waals surface area contributed by atoms with Crippen molar-refractivity contribution >= 4 is 18.3 Å². The fourth-order valence-corrected chi connectivity index (χ4v) is 3.06. The zero-order chi connectivity index (χ0) is 17.6. The molecule has 6 nitrogen and oxygen atoms in total. The molecule has 26 heavy (non-hydrogen) atoms. The van der Waals surface area contributed by atoms with Crippen LogP contribution >= 0.6 is 12.4 Å². The van der Waals surface area contributed by atoms with Crippen molar-refractivity contribution in [3.8, 4) is 11.4 Å². The number of ether oxygens (including phenoxy) is 1. The molecule has 1 saturated heterocycles. The highest BCUT2D eigenvalue weighted by molar-refractivity contribution is 5.95. The highest BCUT2D eigenvalue weighted by atomic mass is 35.5.